The van der Waals surface area contributed by atoms with Crippen molar-refractivity contribution in [1.29, 1.82) is 10.5 Å². The monoisotopic (exact) mass is 489 g/mol. The topological polar surface area (TPSA) is 130 Å². The summed E-state index contributed by atoms with van der Waals surface area (Å²) in [5.74, 6) is 1.35. The van der Waals surface area contributed by atoms with Gasteiger partial charge in [-0.15, -0.1) is 0 Å². The molecule has 3 heterocycles. The quantitative estimate of drug-likeness (QED) is 0.243. The number of hydrogen-bond donors (Lipinski definition) is 1. The van der Waals surface area contributed by atoms with Crippen LogP contribution in [0, 0.1) is 22.7 Å². The molecule has 0 bridgehead atoms. The second-order valence-electron chi connectivity index (χ2n) is 7.97. The number of nitrogens with one attached hydrogen (secondary N) is 1. The Morgan fingerprint density at radius 2 is 1.92 bits per heavy atom. The van der Waals surface area contributed by atoms with Crippen LogP contribution in [-0.4, -0.2) is 68.3 Å². The minimum Gasteiger partial charge on any atom is -0.490 e. The summed E-state index contributed by atoms with van der Waals surface area (Å²) in [4.78, 5) is 9.10. The Morgan fingerprint density at radius 1 is 1.11 bits per heavy atom. The number of hydrogen-bond acceptors (Lipinski definition) is 10. The zero-order valence-corrected chi connectivity index (χ0v) is 20.0. The molecule has 0 saturated heterocycles. The summed E-state index contributed by atoms with van der Waals surface area (Å²) in [5.41, 5.74) is 2.13. The molecule has 9 nitrogen and oxygen atoms in total. The lowest BCUT2D eigenvalue weighted by atomic mass is 9.52. The van der Waals surface area contributed by atoms with Crippen LogP contribution < -0.4 is 10.1 Å². The Hall–Kier alpha value is -3.54. The molecule has 1 fully saturated rings. The molecule has 0 aromatic carbocycles. The highest BCUT2D eigenvalue weighted by Crippen LogP contribution is 2.38. The zero-order chi connectivity index (χ0) is 25.5. The van der Waals surface area contributed by atoms with Gasteiger partial charge >= 0.3 is 0 Å². The molecule has 172 valence electrons. The molecule has 0 atom stereocenters. The molecule has 4 rings (SSSR count). The molecule has 1 N–H and O–H groups in total. The molecule has 1 aliphatic rings. The number of nitrogens with zero attached hydrogens (tertiary/aromatic N) is 6. The van der Waals surface area contributed by atoms with Gasteiger partial charge in [-0.3, -0.25) is 4.98 Å². The molecule has 0 amide bonds. The van der Waals surface area contributed by atoms with Gasteiger partial charge in [-0.2, -0.15) is 20.7 Å². The van der Waals surface area contributed by atoms with E-state index in [1.165, 1.54) is 18.0 Å². The van der Waals surface area contributed by atoms with Crippen LogP contribution in [0.5, 0.6) is 5.75 Å². The van der Waals surface area contributed by atoms with E-state index >= 15 is 0 Å². The number of thioether (sulfide) groups is 1. The van der Waals surface area contributed by atoms with Crippen molar-refractivity contribution in [1.82, 2.24) is 20.2 Å². The van der Waals surface area contributed by atoms with Crippen LogP contribution in [0.1, 0.15) is 29.7 Å². The lowest BCUT2D eigenvalue weighted by molar-refractivity contribution is 0.0948. The maximum Gasteiger partial charge on any atom is 0.146 e. The van der Waals surface area contributed by atoms with Crippen molar-refractivity contribution in [2.75, 3.05) is 18.5 Å². The Kier molecular flexibility index (Phi) is 8.14. The Labute approximate surface area is 217 Å². The van der Waals surface area contributed by atoms with E-state index in [-0.39, 0.29) is 30.4 Å². The van der Waals surface area contributed by atoms with Crippen molar-refractivity contribution >= 4 is 41.1 Å². The van der Waals surface area contributed by atoms with Crippen molar-refractivity contribution in [2.45, 2.75) is 35.0 Å². The first-order valence-corrected chi connectivity index (χ1v) is 12.0. The average molecular weight is 489 g/mol. The van der Waals surface area contributed by atoms with Crippen LogP contribution in [0.3, 0.4) is 0 Å². The molecule has 1 aliphatic carbocycles. The molecule has 1 saturated carbocycles. The van der Waals surface area contributed by atoms with Crippen LogP contribution in [0.4, 0.5) is 5.82 Å². The van der Waals surface area contributed by atoms with E-state index in [4.69, 9.17) is 33.0 Å². The minimum atomic E-state index is -1.73. The Balaban J connectivity index is 1.63. The van der Waals surface area contributed by atoms with Crippen LogP contribution in [0.2, 0.25) is 0 Å². The fourth-order valence-corrected chi connectivity index (χ4v) is 4.09. The van der Waals surface area contributed by atoms with E-state index in [1.807, 2.05) is 6.07 Å². The van der Waals surface area contributed by atoms with Gasteiger partial charge < -0.3 is 14.8 Å². The summed E-state index contributed by atoms with van der Waals surface area (Å²) < 4.78 is 10.6. The fourth-order valence-electron chi connectivity index (χ4n) is 3.21. The zero-order valence-electron chi connectivity index (χ0n) is 19.2. The number of nitriles is 2. The molecule has 0 spiro atoms. The van der Waals surface area contributed by atoms with Gasteiger partial charge in [0.2, 0.25) is 0 Å². The van der Waals surface area contributed by atoms with Crippen LogP contribution in [0.15, 0.2) is 41.7 Å². The SMILES string of the molecule is [B]C([B])([B])OCCOc1ccc(-c2c(C#N)c(NC3CC3)nc(SCc3cccnn3)c2C#N)nc1. The summed E-state index contributed by atoms with van der Waals surface area (Å²) in [6, 6.07) is 11.7. The predicted molar refractivity (Wildman–Crippen MR) is 137 cm³/mol. The highest BCUT2D eigenvalue weighted by atomic mass is 32.2. The van der Waals surface area contributed by atoms with Gasteiger partial charge in [-0.25, -0.2) is 4.98 Å². The van der Waals surface area contributed by atoms with Crippen LogP contribution >= 0.6 is 11.8 Å². The maximum atomic E-state index is 10.1. The summed E-state index contributed by atoms with van der Waals surface area (Å²) in [6.45, 7) is 0.227. The molecule has 0 unspecified atom stereocenters. The first-order valence-electron chi connectivity index (χ1n) is 11.0. The third kappa shape index (κ3) is 6.78. The van der Waals surface area contributed by atoms with E-state index in [9.17, 15) is 10.5 Å². The fraction of sp³-hybridized carbons (Fsp3) is 0.304. The van der Waals surface area contributed by atoms with Crippen molar-refractivity contribution in [3.05, 3.63) is 53.5 Å². The first kappa shape index (κ1) is 25.6. The number of aromatic nitrogens is 4. The van der Waals surface area contributed by atoms with Crippen molar-refractivity contribution in [3.8, 4) is 29.1 Å². The summed E-state index contributed by atoms with van der Waals surface area (Å²) in [6.07, 6.45) is 5.09. The van der Waals surface area contributed by atoms with Gasteiger partial charge in [0, 0.05) is 23.6 Å². The van der Waals surface area contributed by atoms with E-state index < -0.39 is 5.30 Å². The highest BCUT2D eigenvalue weighted by molar-refractivity contribution is 7.98. The molecule has 3 aromatic heterocycles. The molecule has 0 aliphatic heterocycles. The van der Waals surface area contributed by atoms with Gasteiger partial charge in [-0.1, -0.05) is 11.8 Å². The molecular formula is C23H18B3N7O2S. The smallest absolute Gasteiger partial charge is 0.146 e. The maximum absolute atomic E-state index is 10.1. The number of anilines is 1. The Morgan fingerprint density at radius 3 is 2.53 bits per heavy atom. The van der Waals surface area contributed by atoms with Crippen molar-refractivity contribution < 1.29 is 9.47 Å². The van der Waals surface area contributed by atoms with Gasteiger partial charge in [0.05, 0.1) is 53.3 Å². The predicted octanol–water partition coefficient (Wildman–Crippen LogP) is 2.06. The summed E-state index contributed by atoms with van der Waals surface area (Å²) >= 11 is 1.35. The van der Waals surface area contributed by atoms with Crippen LogP contribution in [0.25, 0.3) is 11.3 Å². The first-order chi connectivity index (χ1) is 17.4. The standard InChI is InChI=1S/C23H18B3N7O2S/c24-23(25,26)35-9-8-34-16-5-6-19(29-12-16)20-17(10-27)21(31-14-3-4-14)32-22(18(20)11-28)36-13-15-2-1-7-30-33-15/h1-2,5-7,12,14H,3-4,8-9,13H2,(H,31,32). The number of ether oxygens (including phenoxy) is 2. The molecule has 13 heteroatoms. The van der Waals surface area contributed by atoms with Gasteiger partial charge in [0.25, 0.3) is 0 Å². The van der Waals surface area contributed by atoms with Crippen LogP contribution in [-0.2, 0) is 10.5 Å². The van der Waals surface area contributed by atoms with E-state index in [0.29, 0.717) is 33.6 Å². The number of pyridine rings is 2. The van der Waals surface area contributed by atoms with E-state index in [0.717, 1.165) is 18.5 Å². The molecule has 6 radical (unpaired) electrons. The Bertz CT molecular complexity index is 1290. The third-order valence-corrected chi connectivity index (χ3v) is 6.00. The average Bonchev–Trinajstić information content (AvgIpc) is 3.69. The van der Waals surface area contributed by atoms with Crippen molar-refractivity contribution in [3.63, 3.8) is 0 Å². The normalized spacial score (nSPS) is 12.9. The van der Waals surface area contributed by atoms with Gasteiger partial charge in [-0.05, 0) is 42.4 Å². The lowest BCUT2D eigenvalue weighted by Crippen LogP contribution is -2.35. The number of rotatable bonds is 11. The molecular weight excluding hydrogens is 471 g/mol. The second-order valence-corrected chi connectivity index (χ2v) is 8.93. The lowest BCUT2D eigenvalue weighted by Gasteiger charge is -2.21. The second kappa shape index (κ2) is 11.5. The summed E-state index contributed by atoms with van der Waals surface area (Å²) in [5, 5.41) is 30.1. The van der Waals surface area contributed by atoms with E-state index in [1.54, 1.807) is 24.4 Å². The third-order valence-electron chi connectivity index (χ3n) is 4.99. The largest absolute Gasteiger partial charge is 0.490 e. The molecule has 3 aromatic rings. The van der Waals surface area contributed by atoms with E-state index in [2.05, 4.69) is 37.6 Å². The summed E-state index contributed by atoms with van der Waals surface area (Å²) in [7, 11) is 16.1. The van der Waals surface area contributed by atoms with Crippen molar-refractivity contribution in [2.24, 2.45) is 0 Å². The van der Waals surface area contributed by atoms with Gasteiger partial charge in [0.1, 0.15) is 40.9 Å². The highest BCUT2D eigenvalue weighted by Gasteiger charge is 2.27. The molecule has 36 heavy (non-hydrogen) atoms. The van der Waals surface area contributed by atoms with Gasteiger partial charge in [0.15, 0.2) is 0 Å². The minimum absolute atomic E-state index is 0.0787.